The Kier molecular flexibility index (Phi) is 5.67. The van der Waals surface area contributed by atoms with Gasteiger partial charge >= 0.3 is 0 Å². The maximum atomic E-state index is 13.9. The Morgan fingerprint density at radius 2 is 1.84 bits per heavy atom. The molecule has 2 amide bonds. The van der Waals surface area contributed by atoms with Gasteiger partial charge in [-0.15, -0.1) is 0 Å². The van der Waals surface area contributed by atoms with Crippen molar-refractivity contribution >= 4 is 33.4 Å². The molecule has 166 valence electrons. The normalized spacial score (nSPS) is 30.2. The van der Waals surface area contributed by atoms with E-state index >= 15 is 0 Å². The molecule has 2 N–H and O–H groups in total. The molecule has 1 aliphatic heterocycles. The lowest BCUT2D eigenvalue weighted by molar-refractivity contribution is -0.132. The van der Waals surface area contributed by atoms with Crippen LogP contribution in [0.1, 0.15) is 38.5 Å². The summed E-state index contributed by atoms with van der Waals surface area (Å²) in [6, 6.07) is 3.80. The summed E-state index contributed by atoms with van der Waals surface area (Å²) in [5.41, 5.74) is 6.75. The first-order valence-corrected chi connectivity index (χ1v) is 12.4. The second-order valence-corrected chi connectivity index (χ2v) is 10.5. The molecule has 2 heterocycles. The zero-order valence-electron chi connectivity index (χ0n) is 17.9. The van der Waals surface area contributed by atoms with Gasteiger partial charge in [-0.05, 0) is 103 Å². The largest absolute Gasteiger partial charge is 0.369 e. The zero-order valence-corrected chi connectivity index (χ0v) is 19.5. The summed E-state index contributed by atoms with van der Waals surface area (Å²) in [4.78, 5) is 35.1. The molecular formula is C24H31BrN4O2. The third-order valence-corrected chi connectivity index (χ3v) is 8.52. The molecule has 4 atom stereocenters. The predicted molar refractivity (Wildman–Crippen MR) is 123 cm³/mol. The van der Waals surface area contributed by atoms with Crippen LogP contribution in [-0.4, -0.2) is 47.9 Å². The number of amides is 2. The Hall–Kier alpha value is -1.73. The predicted octanol–water partition coefficient (Wildman–Crippen LogP) is 3.37. The quantitative estimate of drug-likeness (QED) is 0.347. The minimum atomic E-state index is -0.388. The van der Waals surface area contributed by atoms with Crippen LogP contribution < -0.4 is 10.6 Å². The number of allylic oxidation sites excluding steroid dienone is 2. The van der Waals surface area contributed by atoms with E-state index < -0.39 is 0 Å². The summed E-state index contributed by atoms with van der Waals surface area (Å²) in [7, 11) is 0. The van der Waals surface area contributed by atoms with E-state index in [2.05, 4.69) is 38.0 Å². The van der Waals surface area contributed by atoms with E-state index in [4.69, 9.17) is 5.73 Å². The van der Waals surface area contributed by atoms with Crippen molar-refractivity contribution in [2.24, 2.45) is 34.8 Å². The molecule has 4 aliphatic rings. The van der Waals surface area contributed by atoms with Crippen molar-refractivity contribution in [2.75, 3.05) is 31.1 Å². The molecule has 6 nitrogen and oxygen atoms in total. The first kappa shape index (κ1) is 21.1. The van der Waals surface area contributed by atoms with Gasteiger partial charge in [0, 0.05) is 6.54 Å². The number of unbranched alkanes of at least 4 members (excludes halogenated alkanes) is 1. The van der Waals surface area contributed by atoms with Gasteiger partial charge in [0.05, 0.1) is 23.7 Å². The van der Waals surface area contributed by atoms with Crippen molar-refractivity contribution in [3.63, 3.8) is 0 Å². The standard InChI is InChI=1S/C24H31BrN4O2/c25-19-8-5-16(15-27-19)29(14-4-3-13-28-11-1-2-12-28)23(31)21-18-7-6-17(20(21)22(26)30)24(18)9-10-24/h5-8,15,17-18,20-21H,1-4,9-14H2,(H2,26,30)/t17-,18+,20-,21-/m1/s1. The van der Waals surface area contributed by atoms with Gasteiger partial charge in [0.2, 0.25) is 11.8 Å². The lowest BCUT2D eigenvalue weighted by Crippen LogP contribution is -2.45. The van der Waals surface area contributed by atoms with Crippen LogP contribution in [0, 0.1) is 29.1 Å². The van der Waals surface area contributed by atoms with Crippen molar-refractivity contribution < 1.29 is 9.59 Å². The van der Waals surface area contributed by atoms with Gasteiger partial charge in [0.25, 0.3) is 0 Å². The SMILES string of the molecule is NC(=O)[C@H]1[C@H](C(=O)N(CCCCN2CCCC2)c2ccc(Br)nc2)[C@@H]2C=C[C@H]1C21CC1. The maximum Gasteiger partial charge on any atom is 0.231 e. The highest BCUT2D eigenvalue weighted by Crippen LogP contribution is 2.72. The molecule has 3 fully saturated rings. The zero-order chi connectivity index (χ0) is 21.6. The number of hydrogen-bond acceptors (Lipinski definition) is 4. The molecule has 2 bridgehead atoms. The summed E-state index contributed by atoms with van der Waals surface area (Å²) >= 11 is 3.39. The van der Waals surface area contributed by atoms with E-state index in [1.54, 1.807) is 6.20 Å². The number of nitrogens with zero attached hydrogens (tertiary/aromatic N) is 3. The molecule has 5 rings (SSSR count). The Labute approximate surface area is 192 Å². The fourth-order valence-corrected chi connectivity index (χ4v) is 6.64. The number of carbonyl (C=O) groups is 2. The highest BCUT2D eigenvalue weighted by Gasteiger charge is 2.69. The van der Waals surface area contributed by atoms with Crippen molar-refractivity contribution in [1.29, 1.82) is 0 Å². The van der Waals surface area contributed by atoms with Crippen LogP contribution in [-0.2, 0) is 9.59 Å². The first-order chi connectivity index (χ1) is 15.0. The number of likely N-dealkylation sites (tertiary alicyclic amines) is 1. The van der Waals surface area contributed by atoms with E-state index in [1.807, 2.05) is 17.0 Å². The smallest absolute Gasteiger partial charge is 0.231 e. The van der Waals surface area contributed by atoms with E-state index in [0.717, 1.165) is 42.5 Å². The number of primary amides is 1. The third kappa shape index (κ3) is 3.74. The van der Waals surface area contributed by atoms with Crippen molar-refractivity contribution in [3.8, 4) is 0 Å². The van der Waals surface area contributed by atoms with Crippen LogP contribution >= 0.6 is 15.9 Å². The molecule has 0 unspecified atom stereocenters. The molecule has 3 aliphatic carbocycles. The van der Waals surface area contributed by atoms with E-state index in [-0.39, 0.29) is 40.9 Å². The minimum Gasteiger partial charge on any atom is -0.369 e. The number of hydrogen-bond donors (Lipinski definition) is 1. The molecule has 1 aromatic heterocycles. The molecule has 31 heavy (non-hydrogen) atoms. The summed E-state index contributed by atoms with van der Waals surface area (Å²) in [5, 5.41) is 0. The molecule has 2 saturated carbocycles. The number of rotatable bonds is 8. The van der Waals surface area contributed by atoms with Crippen LogP contribution in [0.5, 0.6) is 0 Å². The molecule has 1 spiro atoms. The molecule has 1 saturated heterocycles. The van der Waals surface area contributed by atoms with Gasteiger partial charge < -0.3 is 15.5 Å². The number of halogens is 1. The highest BCUT2D eigenvalue weighted by atomic mass is 79.9. The maximum absolute atomic E-state index is 13.9. The Morgan fingerprint density at radius 3 is 2.45 bits per heavy atom. The Balaban J connectivity index is 1.35. The second kappa shape index (κ2) is 8.32. The molecule has 1 aromatic rings. The number of anilines is 1. The summed E-state index contributed by atoms with van der Waals surface area (Å²) in [5.74, 6) is -0.763. The van der Waals surface area contributed by atoms with E-state index in [0.29, 0.717) is 6.54 Å². The summed E-state index contributed by atoms with van der Waals surface area (Å²) < 4.78 is 0.743. The van der Waals surface area contributed by atoms with Gasteiger partial charge in [-0.2, -0.15) is 0 Å². The van der Waals surface area contributed by atoms with Gasteiger partial charge in [0.15, 0.2) is 0 Å². The van der Waals surface area contributed by atoms with Crippen molar-refractivity contribution in [2.45, 2.75) is 38.5 Å². The molecular weight excluding hydrogens is 456 g/mol. The van der Waals surface area contributed by atoms with Crippen LogP contribution in [0.3, 0.4) is 0 Å². The molecule has 0 aromatic carbocycles. The first-order valence-electron chi connectivity index (χ1n) is 11.6. The van der Waals surface area contributed by atoms with Gasteiger partial charge in [-0.3, -0.25) is 9.59 Å². The van der Waals surface area contributed by atoms with Gasteiger partial charge in [0.1, 0.15) is 4.60 Å². The molecule has 7 heteroatoms. The van der Waals surface area contributed by atoms with Crippen LogP contribution in [0.4, 0.5) is 5.69 Å². The third-order valence-electron chi connectivity index (χ3n) is 8.05. The topological polar surface area (TPSA) is 79.5 Å². The van der Waals surface area contributed by atoms with Crippen molar-refractivity contribution in [1.82, 2.24) is 9.88 Å². The highest BCUT2D eigenvalue weighted by molar-refractivity contribution is 9.10. The van der Waals surface area contributed by atoms with Gasteiger partial charge in [-0.25, -0.2) is 4.98 Å². The van der Waals surface area contributed by atoms with Crippen LogP contribution in [0.2, 0.25) is 0 Å². The van der Waals surface area contributed by atoms with Crippen molar-refractivity contribution in [3.05, 3.63) is 35.1 Å². The average Bonchev–Trinajstić information content (AvgIpc) is 3.11. The number of nitrogens with two attached hydrogens (primary N) is 1. The number of aromatic nitrogens is 1. The lowest BCUT2D eigenvalue weighted by Gasteiger charge is -2.31. The van der Waals surface area contributed by atoms with Gasteiger partial charge in [-0.1, -0.05) is 12.2 Å². The Morgan fingerprint density at radius 1 is 1.13 bits per heavy atom. The lowest BCUT2D eigenvalue weighted by atomic mass is 9.81. The Bertz CT molecular complexity index is 876. The summed E-state index contributed by atoms with van der Waals surface area (Å²) in [6.45, 7) is 4.12. The number of carbonyl (C=O) groups excluding carboxylic acids is 2. The molecule has 0 radical (unpaired) electrons. The van der Waals surface area contributed by atoms with E-state index in [1.165, 1.54) is 25.9 Å². The summed E-state index contributed by atoms with van der Waals surface area (Å²) in [6.07, 6.45) is 12.9. The second-order valence-electron chi connectivity index (χ2n) is 9.71. The van der Waals surface area contributed by atoms with E-state index in [9.17, 15) is 9.59 Å². The monoisotopic (exact) mass is 486 g/mol. The van der Waals surface area contributed by atoms with Crippen LogP contribution in [0.25, 0.3) is 0 Å². The van der Waals surface area contributed by atoms with Crippen LogP contribution in [0.15, 0.2) is 35.1 Å². The minimum absolute atomic E-state index is 0.0391. The average molecular weight is 487 g/mol. The fraction of sp³-hybridized carbons (Fsp3) is 0.625. The fourth-order valence-electron chi connectivity index (χ4n) is 6.40. The number of pyridine rings is 1.